The van der Waals surface area contributed by atoms with Crippen molar-refractivity contribution in [3.05, 3.63) is 29.8 Å². The molecule has 0 bridgehead atoms. The quantitative estimate of drug-likeness (QED) is 0.350. The molecule has 1 rings (SSSR count). The van der Waals surface area contributed by atoms with Crippen LogP contribution in [0.5, 0.6) is 5.75 Å². The molecule has 0 spiro atoms. The minimum atomic E-state index is 0.457. The summed E-state index contributed by atoms with van der Waals surface area (Å²) in [7, 11) is 3.26. The Morgan fingerprint density at radius 2 is 2.17 bits per heavy atom. The maximum absolute atomic E-state index is 5.20. The average Bonchev–Trinajstić information content (AvgIpc) is 2.39. The molecule has 0 aliphatic heterocycles. The fourth-order valence-electron chi connectivity index (χ4n) is 1.24. The van der Waals surface area contributed by atoms with Crippen LogP contribution in [0.25, 0.3) is 0 Å². The number of nitrogens with one attached hydrogen (secondary N) is 2. The predicted molar refractivity (Wildman–Crippen MR) is 76.2 cm³/mol. The van der Waals surface area contributed by atoms with E-state index in [4.69, 9.17) is 21.7 Å². The molecule has 0 fully saturated rings. The minimum absolute atomic E-state index is 0.457. The van der Waals surface area contributed by atoms with Crippen LogP contribution >= 0.6 is 12.2 Å². The first-order chi connectivity index (χ1) is 8.77. The topological polar surface area (TPSA) is 54.9 Å². The minimum Gasteiger partial charge on any atom is -0.496 e. The second-order valence-corrected chi connectivity index (χ2v) is 3.77. The zero-order chi connectivity index (χ0) is 13.2. The van der Waals surface area contributed by atoms with Gasteiger partial charge in [-0.3, -0.25) is 5.43 Å². The van der Waals surface area contributed by atoms with Gasteiger partial charge in [-0.15, -0.1) is 0 Å². The molecule has 1 aromatic rings. The van der Waals surface area contributed by atoms with Gasteiger partial charge in [-0.1, -0.05) is 12.1 Å². The summed E-state index contributed by atoms with van der Waals surface area (Å²) >= 11 is 5.02. The normalized spacial score (nSPS) is 10.3. The number of hydrazone groups is 1. The summed E-state index contributed by atoms with van der Waals surface area (Å²) in [5.41, 5.74) is 3.60. The first-order valence-electron chi connectivity index (χ1n) is 5.46. The molecular weight excluding hydrogens is 250 g/mol. The molecule has 0 atom stereocenters. The number of para-hydroxylation sites is 1. The van der Waals surface area contributed by atoms with Gasteiger partial charge in [-0.25, -0.2) is 0 Å². The summed E-state index contributed by atoms with van der Waals surface area (Å²) < 4.78 is 10.1. The maximum atomic E-state index is 5.20. The van der Waals surface area contributed by atoms with Gasteiger partial charge in [-0.05, 0) is 24.4 Å². The van der Waals surface area contributed by atoms with Crippen LogP contribution in [0.4, 0.5) is 0 Å². The molecule has 0 saturated heterocycles. The Bertz CT molecular complexity index is 410. The van der Waals surface area contributed by atoms with E-state index >= 15 is 0 Å². The number of hydrogen-bond donors (Lipinski definition) is 2. The van der Waals surface area contributed by atoms with Crippen molar-refractivity contribution in [3.8, 4) is 5.75 Å². The van der Waals surface area contributed by atoms with E-state index < -0.39 is 0 Å². The lowest BCUT2D eigenvalue weighted by molar-refractivity contribution is 0.204. The molecule has 0 heterocycles. The van der Waals surface area contributed by atoms with E-state index in [9.17, 15) is 0 Å². The van der Waals surface area contributed by atoms with Gasteiger partial charge >= 0.3 is 0 Å². The lowest BCUT2D eigenvalue weighted by Gasteiger charge is -2.06. The van der Waals surface area contributed by atoms with E-state index in [0.29, 0.717) is 18.3 Å². The smallest absolute Gasteiger partial charge is 0.187 e. The lowest BCUT2D eigenvalue weighted by atomic mass is 10.2. The van der Waals surface area contributed by atoms with Crippen molar-refractivity contribution in [2.75, 3.05) is 27.4 Å². The van der Waals surface area contributed by atoms with Gasteiger partial charge in [0.1, 0.15) is 5.75 Å². The van der Waals surface area contributed by atoms with Gasteiger partial charge < -0.3 is 14.8 Å². The standard InChI is InChI=1S/C12H17N3O2S/c1-16-8-7-13-12(18)15-14-9-10-5-3-4-6-11(10)17-2/h3-6,9H,7-8H2,1-2H3,(H2,13,15,18)/b14-9-. The van der Waals surface area contributed by atoms with Crippen LogP contribution in [0.1, 0.15) is 5.56 Å². The van der Waals surface area contributed by atoms with Crippen molar-refractivity contribution in [3.63, 3.8) is 0 Å². The van der Waals surface area contributed by atoms with Crippen molar-refractivity contribution in [1.82, 2.24) is 10.7 Å². The van der Waals surface area contributed by atoms with Crippen molar-refractivity contribution in [1.29, 1.82) is 0 Å². The fraction of sp³-hybridized carbons (Fsp3) is 0.333. The average molecular weight is 267 g/mol. The molecule has 0 aliphatic rings. The van der Waals surface area contributed by atoms with E-state index in [2.05, 4.69) is 15.8 Å². The van der Waals surface area contributed by atoms with Crippen LogP contribution in [-0.2, 0) is 4.74 Å². The molecule has 5 nitrogen and oxygen atoms in total. The Hall–Kier alpha value is -1.66. The first-order valence-corrected chi connectivity index (χ1v) is 5.87. The molecule has 0 aromatic heterocycles. The van der Waals surface area contributed by atoms with Crippen molar-refractivity contribution in [2.45, 2.75) is 0 Å². The zero-order valence-electron chi connectivity index (χ0n) is 10.5. The SMILES string of the molecule is COCCNC(=S)N/N=C\c1ccccc1OC. The summed E-state index contributed by atoms with van der Waals surface area (Å²) in [6, 6.07) is 7.60. The third kappa shape index (κ3) is 5.11. The number of benzene rings is 1. The summed E-state index contributed by atoms with van der Waals surface area (Å²) in [5, 5.41) is 7.43. The van der Waals surface area contributed by atoms with Gasteiger partial charge in [0.15, 0.2) is 5.11 Å². The second-order valence-electron chi connectivity index (χ2n) is 3.36. The molecule has 6 heteroatoms. The molecule has 1 aromatic carbocycles. The van der Waals surface area contributed by atoms with Crippen LogP contribution in [0, 0.1) is 0 Å². The molecule has 98 valence electrons. The lowest BCUT2D eigenvalue weighted by Crippen LogP contribution is -2.34. The summed E-state index contributed by atoms with van der Waals surface area (Å²) in [6.45, 7) is 1.24. The molecule has 0 aliphatic carbocycles. The summed E-state index contributed by atoms with van der Waals surface area (Å²) in [4.78, 5) is 0. The second kappa shape index (κ2) is 8.43. The van der Waals surface area contributed by atoms with Crippen molar-refractivity contribution < 1.29 is 9.47 Å². The third-order valence-corrected chi connectivity index (χ3v) is 2.34. The first kappa shape index (κ1) is 14.4. The number of nitrogens with zero attached hydrogens (tertiary/aromatic N) is 1. The van der Waals surface area contributed by atoms with E-state index in [1.807, 2.05) is 24.3 Å². The predicted octanol–water partition coefficient (Wildman–Crippen LogP) is 1.14. The molecular formula is C12H17N3O2S. The number of rotatable bonds is 6. The zero-order valence-corrected chi connectivity index (χ0v) is 11.3. The highest BCUT2D eigenvalue weighted by molar-refractivity contribution is 7.80. The number of methoxy groups -OCH3 is 2. The summed E-state index contributed by atoms with van der Waals surface area (Å²) in [6.07, 6.45) is 1.66. The maximum Gasteiger partial charge on any atom is 0.187 e. The molecule has 2 N–H and O–H groups in total. The molecule has 0 unspecified atom stereocenters. The number of hydrogen-bond acceptors (Lipinski definition) is 4. The van der Waals surface area contributed by atoms with Crippen LogP contribution in [-0.4, -0.2) is 38.7 Å². The Morgan fingerprint density at radius 3 is 2.89 bits per heavy atom. The van der Waals surface area contributed by atoms with Crippen LogP contribution in [0.2, 0.25) is 0 Å². The van der Waals surface area contributed by atoms with Gasteiger partial charge in [0, 0.05) is 19.2 Å². The molecule has 18 heavy (non-hydrogen) atoms. The largest absolute Gasteiger partial charge is 0.496 e. The third-order valence-electron chi connectivity index (χ3n) is 2.10. The van der Waals surface area contributed by atoms with Gasteiger partial charge in [0.25, 0.3) is 0 Å². The monoisotopic (exact) mass is 267 g/mol. The Labute approximate surface area is 112 Å². The van der Waals surface area contributed by atoms with Gasteiger partial charge in [-0.2, -0.15) is 5.10 Å². The van der Waals surface area contributed by atoms with E-state index in [1.54, 1.807) is 20.4 Å². The highest BCUT2D eigenvalue weighted by Gasteiger charge is 1.97. The van der Waals surface area contributed by atoms with Crippen molar-refractivity contribution >= 4 is 23.5 Å². The Morgan fingerprint density at radius 1 is 1.39 bits per heavy atom. The number of thiocarbonyl (C=S) groups is 1. The Kier molecular flexibility index (Phi) is 6.75. The Balaban J connectivity index is 2.42. The van der Waals surface area contributed by atoms with Crippen LogP contribution < -0.4 is 15.5 Å². The van der Waals surface area contributed by atoms with E-state index in [0.717, 1.165) is 11.3 Å². The molecule has 0 saturated carbocycles. The van der Waals surface area contributed by atoms with Crippen LogP contribution in [0.15, 0.2) is 29.4 Å². The summed E-state index contributed by atoms with van der Waals surface area (Å²) in [5.74, 6) is 0.765. The molecule has 0 radical (unpaired) electrons. The highest BCUT2D eigenvalue weighted by atomic mass is 32.1. The molecule has 0 amide bonds. The fourth-order valence-corrected chi connectivity index (χ4v) is 1.39. The van der Waals surface area contributed by atoms with Gasteiger partial charge in [0.2, 0.25) is 0 Å². The van der Waals surface area contributed by atoms with E-state index in [-0.39, 0.29) is 0 Å². The highest BCUT2D eigenvalue weighted by Crippen LogP contribution is 2.14. The van der Waals surface area contributed by atoms with Crippen molar-refractivity contribution in [2.24, 2.45) is 5.10 Å². The number of ether oxygens (including phenoxy) is 2. The van der Waals surface area contributed by atoms with Crippen LogP contribution in [0.3, 0.4) is 0 Å². The van der Waals surface area contributed by atoms with E-state index in [1.165, 1.54) is 0 Å². The van der Waals surface area contributed by atoms with Gasteiger partial charge in [0.05, 0.1) is 19.9 Å².